The number of carbonyl (C=O) groups excluding carboxylic acids is 1. The van der Waals surface area contributed by atoms with E-state index >= 15 is 0 Å². The lowest BCUT2D eigenvalue weighted by molar-refractivity contribution is -0.130. The SMILES string of the molecule is CNC(=O)[C@@H]1C[C@H]2[C@@H]3CCc4cc(OCCCN5CCC[C@H]5C)ccc4[C@H]3CC[C@]2(C)[C@H]1OC. The van der Waals surface area contributed by atoms with Crippen LogP contribution in [0.1, 0.15) is 75.8 Å². The molecule has 7 atom stereocenters. The highest BCUT2D eigenvalue weighted by Crippen LogP contribution is 2.63. The molecule has 1 heterocycles. The maximum atomic E-state index is 12.7. The molecule has 3 aliphatic carbocycles. The summed E-state index contributed by atoms with van der Waals surface area (Å²) in [4.78, 5) is 15.3. The lowest BCUT2D eigenvalue weighted by atomic mass is 9.55. The van der Waals surface area contributed by atoms with E-state index in [1.165, 1.54) is 43.4 Å². The summed E-state index contributed by atoms with van der Waals surface area (Å²) in [6, 6.07) is 7.61. The van der Waals surface area contributed by atoms with Gasteiger partial charge in [-0.2, -0.15) is 0 Å². The van der Waals surface area contributed by atoms with Crippen molar-refractivity contribution in [1.29, 1.82) is 0 Å². The molecule has 1 aliphatic heterocycles. The molecule has 1 amide bonds. The Morgan fingerprint density at radius 2 is 2.12 bits per heavy atom. The summed E-state index contributed by atoms with van der Waals surface area (Å²) < 4.78 is 12.2. The lowest BCUT2D eigenvalue weighted by Gasteiger charge is -2.50. The number of hydrogen-bond acceptors (Lipinski definition) is 4. The van der Waals surface area contributed by atoms with Gasteiger partial charge < -0.3 is 19.7 Å². The molecule has 0 aromatic heterocycles. The predicted octanol–water partition coefficient (Wildman–Crippen LogP) is 4.78. The van der Waals surface area contributed by atoms with Crippen LogP contribution in [0.15, 0.2) is 18.2 Å². The van der Waals surface area contributed by atoms with E-state index in [9.17, 15) is 4.79 Å². The number of ether oxygens (including phenoxy) is 2. The predicted molar refractivity (Wildman–Crippen MR) is 135 cm³/mol. The maximum absolute atomic E-state index is 12.7. The molecule has 1 N–H and O–H groups in total. The Kier molecular flexibility index (Phi) is 6.96. The molecule has 1 saturated heterocycles. The highest BCUT2D eigenvalue weighted by Gasteiger charge is 2.60. The van der Waals surface area contributed by atoms with Crippen LogP contribution in [0.2, 0.25) is 0 Å². The van der Waals surface area contributed by atoms with Crippen molar-refractivity contribution < 1.29 is 14.3 Å². The Hall–Kier alpha value is -1.59. The van der Waals surface area contributed by atoms with Gasteiger partial charge in [-0.3, -0.25) is 4.79 Å². The molecule has 5 nitrogen and oxygen atoms in total. The van der Waals surface area contributed by atoms with E-state index in [-0.39, 0.29) is 23.3 Å². The summed E-state index contributed by atoms with van der Waals surface area (Å²) in [5.74, 6) is 2.96. The van der Waals surface area contributed by atoms with E-state index in [0.29, 0.717) is 17.8 Å². The summed E-state index contributed by atoms with van der Waals surface area (Å²) in [6.45, 7) is 7.93. The zero-order chi connectivity index (χ0) is 23.9. The van der Waals surface area contributed by atoms with Crippen molar-refractivity contribution in [2.24, 2.45) is 23.2 Å². The molecule has 2 saturated carbocycles. The molecule has 34 heavy (non-hydrogen) atoms. The van der Waals surface area contributed by atoms with E-state index < -0.39 is 0 Å². The molecule has 188 valence electrons. The number of hydrogen-bond donors (Lipinski definition) is 1. The van der Waals surface area contributed by atoms with E-state index in [1.807, 2.05) is 0 Å². The standard InChI is InChI=1S/C29H44N2O3/c1-19-7-5-14-31(19)15-6-16-34-21-9-11-22-20(17-21)8-10-24-23(22)12-13-29(2)26(24)18-25(27(29)33-4)28(32)30-3/h9,11,17,19,23-27H,5-8,10,12-16,18H2,1-4H3,(H,30,32)/t19-,23-,24-,25-,26+,27+,29+/m1/s1. The largest absolute Gasteiger partial charge is 0.494 e. The minimum absolute atomic E-state index is 0.0236. The summed E-state index contributed by atoms with van der Waals surface area (Å²) in [5.41, 5.74) is 3.12. The normalized spacial score (nSPS) is 37.1. The fraction of sp³-hybridized carbons (Fsp3) is 0.759. The quantitative estimate of drug-likeness (QED) is 0.585. The van der Waals surface area contributed by atoms with Crippen LogP contribution in [0.3, 0.4) is 0 Å². The molecule has 4 aliphatic rings. The average Bonchev–Trinajstić information content (AvgIpc) is 3.40. The van der Waals surface area contributed by atoms with Crippen LogP contribution in [0, 0.1) is 23.2 Å². The third-order valence-electron chi connectivity index (χ3n) is 10.0. The van der Waals surface area contributed by atoms with Crippen molar-refractivity contribution in [3.63, 3.8) is 0 Å². The van der Waals surface area contributed by atoms with Gasteiger partial charge in [-0.05, 0) is 111 Å². The molecule has 5 heteroatoms. The lowest BCUT2D eigenvalue weighted by Crippen LogP contribution is -2.46. The molecule has 5 rings (SSSR count). The summed E-state index contributed by atoms with van der Waals surface area (Å²) in [7, 11) is 3.55. The van der Waals surface area contributed by atoms with Gasteiger partial charge in [0.15, 0.2) is 0 Å². The number of aryl methyl sites for hydroxylation is 1. The van der Waals surface area contributed by atoms with Crippen LogP contribution < -0.4 is 10.1 Å². The minimum Gasteiger partial charge on any atom is -0.494 e. The Morgan fingerprint density at radius 3 is 2.85 bits per heavy atom. The first-order valence-corrected chi connectivity index (χ1v) is 13.7. The van der Waals surface area contributed by atoms with Crippen LogP contribution in [0.5, 0.6) is 5.75 Å². The fourth-order valence-electron chi connectivity index (χ4n) is 8.30. The van der Waals surface area contributed by atoms with Crippen molar-refractivity contribution in [3.8, 4) is 5.75 Å². The molecular weight excluding hydrogens is 424 g/mol. The smallest absolute Gasteiger partial charge is 0.225 e. The van der Waals surface area contributed by atoms with Gasteiger partial charge in [-0.15, -0.1) is 0 Å². The van der Waals surface area contributed by atoms with Crippen molar-refractivity contribution in [1.82, 2.24) is 10.2 Å². The monoisotopic (exact) mass is 468 g/mol. The first-order chi connectivity index (χ1) is 16.5. The van der Waals surface area contributed by atoms with E-state index in [1.54, 1.807) is 14.2 Å². The van der Waals surface area contributed by atoms with Gasteiger partial charge in [0.25, 0.3) is 0 Å². The highest BCUT2D eigenvalue weighted by atomic mass is 16.5. The molecule has 0 unspecified atom stereocenters. The summed E-state index contributed by atoms with van der Waals surface area (Å²) in [5, 5.41) is 2.90. The van der Waals surface area contributed by atoms with Gasteiger partial charge >= 0.3 is 0 Å². The van der Waals surface area contributed by atoms with Crippen LogP contribution in [-0.4, -0.2) is 56.8 Å². The first kappa shape index (κ1) is 24.1. The van der Waals surface area contributed by atoms with Gasteiger partial charge in [0.1, 0.15) is 5.75 Å². The van der Waals surface area contributed by atoms with Crippen LogP contribution in [0.25, 0.3) is 0 Å². The Balaban J connectivity index is 1.24. The van der Waals surface area contributed by atoms with Crippen molar-refractivity contribution in [2.45, 2.75) is 83.3 Å². The second kappa shape index (κ2) is 9.81. The topological polar surface area (TPSA) is 50.8 Å². The van der Waals surface area contributed by atoms with E-state index in [2.05, 4.69) is 42.3 Å². The van der Waals surface area contributed by atoms with Crippen LogP contribution >= 0.6 is 0 Å². The fourth-order valence-corrected chi connectivity index (χ4v) is 8.30. The first-order valence-electron chi connectivity index (χ1n) is 13.7. The minimum atomic E-state index is -0.0236. The third kappa shape index (κ3) is 4.17. The Bertz CT molecular complexity index is 888. The van der Waals surface area contributed by atoms with Crippen LogP contribution in [-0.2, 0) is 16.0 Å². The van der Waals surface area contributed by atoms with E-state index in [4.69, 9.17) is 9.47 Å². The van der Waals surface area contributed by atoms with Gasteiger partial charge in [-0.1, -0.05) is 13.0 Å². The van der Waals surface area contributed by atoms with Crippen LogP contribution in [0.4, 0.5) is 0 Å². The van der Waals surface area contributed by atoms with Gasteiger partial charge in [0.05, 0.1) is 18.6 Å². The van der Waals surface area contributed by atoms with Crippen molar-refractivity contribution in [2.75, 3.05) is 33.9 Å². The van der Waals surface area contributed by atoms with Crippen molar-refractivity contribution >= 4 is 5.91 Å². The highest BCUT2D eigenvalue weighted by molar-refractivity contribution is 5.79. The molecule has 1 aromatic rings. The maximum Gasteiger partial charge on any atom is 0.225 e. The third-order valence-corrected chi connectivity index (χ3v) is 10.0. The zero-order valence-electron chi connectivity index (χ0n) is 21.6. The average molecular weight is 469 g/mol. The number of benzene rings is 1. The second-order valence-electron chi connectivity index (χ2n) is 11.7. The molecule has 0 radical (unpaired) electrons. The molecule has 0 spiro atoms. The van der Waals surface area contributed by atoms with Gasteiger partial charge in [0, 0.05) is 26.7 Å². The van der Waals surface area contributed by atoms with E-state index in [0.717, 1.165) is 50.6 Å². The summed E-state index contributed by atoms with van der Waals surface area (Å²) >= 11 is 0. The second-order valence-corrected chi connectivity index (χ2v) is 11.7. The molecule has 3 fully saturated rings. The number of rotatable bonds is 7. The van der Waals surface area contributed by atoms with Crippen molar-refractivity contribution in [3.05, 3.63) is 29.3 Å². The summed E-state index contributed by atoms with van der Waals surface area (Å²) in [6.07, 6.45) is 9.43. The number of amides is 1. The molecule has 0 bridgehead atoms. The number of nitrogens with zero attached hydrogens (tertiary/aromatic N) is 1. The number of methoxy groups -OCH3 is 1. The number of fused-ring (bicyclic) bond motifs is 5. The van der Waals surface area contributed by atoms with Gasteiger partial charge in [0.2, 0.25) is 5.91 Å². The number of carbonyl (C=O) groups is 1. The molecular formula is C29H44N2O3. The zero-order valence-corrected chi connectivity index (χ0v) is 21.6. The Labute approximate surface area is 206 Å². The number of likely N-dealkylation sites (tertiary alicyclic amines) is 1. The van der Waals surface area contributed by atoms with Gasteiger partial charge in [-0.25, -0.2) is 0 Å². The number of nitrogens with one attached hydrogen (secondary N) is 1. The molecule has 1 aromatic carbocycles. The Morgan fingerprint density at radius 1 is 1.26 bits per heavy atom.